The van der Waals surface area contributed by atoms with Gasteiger partial charge in [0.15, 0.2) is 0 Å². The quantitative estimate of drug-likeness (QED) is 0.662. The largest absolute Gasteiger partial charge is 0.497 e. The molecule has 0 bridgehead atoms. The van der Waals surface area contributed by atoms with Crippen LogP contribution in [0.25, 0.3) is 0 Å². The van der Waals surface area contributed by atoms with Crippen molar-refractivity contribution in [2.75, 3.05) is 7.11 Å². The van der Waals surface area contributed by atoms with Crippen LogP contribution in [-0.4, -0.2) is 17.6 Å². The molecular weight excluding hydrogens is 295 g/mol. The number of nitrogens with one attached hydrogen (secondary N) is 2. The Hall–Kier alpha value is -0.480. The van der Waals surface area contributed by atoms with Crippen LogP contribution in [0, 0.1) is 5.92 Å². The fraction of sp³-hybridized carbons (Fsp3) is 0.462. The summed E-state index contributed by atoms with van der Waals surface area (Å²) >= 11 is 11.3. The van der Waals surface area contributed by atoms with Crippen molar-refractivity contribution in [1.82, 2.24) is 10.2 Å². The summed E-state index contributed by atoms with van der Waals surface area (Å²) in [5.74, 6) is 1.22. The van der Waals surface area contributed by atoms with Gasteiger partial charge in [-0.3, -0.25) is 5.09 Å². The number of methoxy groups -OCH3 is 1. The summed E-state index contributed by atoms with van der Waals surface area (Å²) in [5, 5.41) is 8.02. The Balaban J connectivity index is 2.35. The van der Waals surface area contributed by atoms with Crippen LogP contribution in [0.4, 0.5) is 0 Å². The van der Waals surface area contributed by atoms with Crippen LogP contribution in [0.1, 0.15) is 20.8 Å². The fourth-order valence-electron chi connectivity index (χ4n) is 1.98. The standard InChI is InChI=1S/C13H19N2OPS2/c1-9(2)13(3)12(18)14-17(19,15-13)11-7-5-10(16-4)6-8-11/h5-9H,1-4H3,(H2,14,15,18,19). The third-order valence-corrected chi connectivity index (χ3v) is 7.91. The smallest absolute Gasteiger partial charge is 0.126 e. The number of hydrogen-bond acceptors (Lipinski definition) is 3. The lowest BCUT2D eigenvalue weighted by molar-refractivity contribution is 0.415. The lowest BCUT2D eigenvalue weighted by Gasteiger charge is -2.29. The molecule has 0 saturated carbocycles. The van der Waals surface area contributed by atoms with E-state index in [2.05, 4.69) is 30.9 Å². The molecule has 2 rings (SSSR count). The van der Waals surface area contributed by atoms with Gasteiger partial charge >= 0.3 is 0 Å². The maximum Gasteiger partial charge on any atom is 0.126 e. The highest BCUT2D eigenvalue weighted by molar-refractivity contribution is 8.17. The first kappa shape index (κ1) is 14.9. The topological polar surface area (TPSA) is 33.3 Å². The summed E-state index contributed by atoms with van der Waals surface area (Å²) in [6.45, 7) is 6.42. The van der Waals surface area contributed by atoms with Crippen molar-refractivity contribution >= 4 is 40.7 Å². The van der Waals surface area contributed by atoms with Gasteiger partial charge in [0, 0.05) is 5.30 Å². The van der Waals surface area contributed by atoms with Crippen LogP contribution >= 0.6 is 18.6 Å². The van der Waals surface area contributed by atoms with Crippen LogP contribution < -0.4 is 20.2 Å². The van der Waals surface area contributed by atoms with Crippen molar-refractivity contribution in [2.24, 2.45) is 5.92 Å². The first-order chi connectivity index (χ1) is 8.82. The predicted molar refractivity (Wildman–Crippen MR) is 89.0 cm³/mol. The summed E-state index contributed by atoms with van der Waals surface area (Å²) in [4.78, 5) is 0.821. The molecule has 0 radical (unpaired) electrons. The van der Waals surface area contributed by atoms with Crippen molar-refractivity contribution < 1.29 is 4.74 Å². The van der Waals surface area contributed by atoms with Crippen molar-refractivity contribution in [3.8, 4) is 5.75 Å². The molecular formula is C13H19N2OPS2. The Morgan fingerprint density at radius 3 is 2.26 bits per heavy atom. The zero-order chi connectivity index (χ0) is 14.3. The normalized spacial score (nSPS) is 30.5. The van der Waals surface area contributed by atoms with E-state index in [1.54, 1.807) is 7.11 Å². The molecule has 104 valence electrons. The fourth-order valence-corrected chi connectivity index (χ4v) is 6.56. The lowest BCUT2D eigenvalue weighted by Crippen LogP contribution is -2.46. The lowest BCUT2D eigenvalue weighted by atomic mass is 9.90. The van der Waals surface area contributed by atoms with Gasteiger partial charge in [-0.25, -0.2) is 0 Å². The molecule has 1 aliphatic rings. The van der Waals surface area contributed by atoms with Gasteiger partial charge in [0.1, 0.15) is 17.1 Å². The number of rotatable bonds is 3. The maximum atomic E-state index is 5.82. The van der Waals surface area contributed by atoms with Gasteiger partial charge in [0.05, 0.1) is 12.6 Å². The van der Waals surface area contributed by atoms with E-state index >= 15 is 0 Å². The minimum Gasteiger partial charge on any atom is -0.497 e. The van der Waals surface area contributed by atoms with Gasteiger partial charge < -0.3 is 9.82 Å². The Labute approximate surface area is 125 Å². The molecule has 1 aliphatic heterocycles. The predicted octanol–water partition coefficient (Wildman–Crippen LogP) is 2.56. The number of ether oxygens (including phenoxy) is 1. The minimum absolute atomic E-state index is 0.231. The molecule has 1 aromatic rings. The number of benzene rings is 1. The Bertz CT molecular complexity index is 544. The third-order valence-electron chi connectivity index (χ3n) is 3.71. The van der Waals surface area contributed by atoms with E-state index in [-0.39, 0.29) is 5.54 Å². The molecule has 1 aromatic carbocycles. The third kappa shape index (κ3) is 2.57. The minimum atomic E-state index is -2.05. The SMILES string of the molecule is COc1ccc(P2(=S)NC(=S)C(C)(C(C)C)N2)cc1. The second kappa shape index (κ2) is 5.13. The molecule has 2 atom stereocenters. The molecule has 3 nitrogen and oxygen atoms in total. The highest BCUT2D eigenvalue weighted by Gasteiger charge is 2.45. The van der Waals surface area contributed by atoms with E-state index in [0.29, 0.717) is 5.92 Å². The molecule has 0 spiro atoms. The number of thiocarbonyl (C=S) groups is 1. The maximum absolute atomic E-state index is 5.82. The molecule has 1 saturated heterocycles. The van der Waals surface area contributed by atoms with Crippen LogP contribution in [0.15, 0.2) is 24.3 Å². The highest BCUT2D eigenvalue weighted by atomic mass is 32.4. The van der Waals surface area contributed by atoms with E-state index in [4.69, 9.17) is 28.8 Å². The van der Waals surface area contributed by atoms with Gasteiger partial charge in [0.2, 0.25) is 0 Å². The van der Waals surface area contributed by atoms with E-state index in [0.717, 1.165) is 16.0 Å². The van der Waals surface area contributed by atoms with Crippen molar-refractivity contribution in [2.45, 2.75) is 26.3 Å². The second-order valence-electron chi connectivity index (χ2n) is 5.22. The average molecular weight is 314 g/mol. The van der Waals surface area contributed by atoms with Crippen LogP contribution in [0.5, 0.6) is 5.75 Å². The molecule has 2 N–H and O–H groups in total. The van der Waals surface area contributed by atoms with E-state index < -0.39 is 6.34 Å². The average Bonchev–Trinajstić information content (AvgIpc) is 2.62. The van der Waals surface area contributed by atoms with Crippen LogP contribution in [0.2, 0.25) is 0 Å². The molecule has 1 heterocycles. The Kier molecular flexibility index (Phi) is 4.03. The summed E-state index contributed by atoms with van der Waals surface area (Å²) in [6, 6.07) is 7.88. The summed E-state index contributed by atoms with van der Waals surface area (Å²) < 4.78 is 5.18. The van der Waals surface area contributed by atoms with Crippen LogP contribution in [0.3, 0.4) is 0 Å². The highest BCUT2D eigenvalue weighted by Crippen LogP contribution is 2.46. The van der Waals surface area contributed by atoms with Crippen molar-refractivity contribution in [3.05, 3.63) is 24.3 Å². The summed E-state index contributed by atoms with van der Waals surface area (Å²) in [5.41, 5.74) is -0.231. The van der Waals surface area contributed by atoms with E-state index in [1.807, 2.05) is 24.3 Å². The van der Waals surface area contributed by atoms with Crippen LogP contribution in [-0.2, 0) is 11.8 Å². The van der Waals surface area contributed by atoms with Gasteiger partial charge in [-0.05, 0) is 37.1 Å². The van der Waals surface area contributed by atoms with E-state index in [9.17, 15) is 0 Å². The molecule has 19 heavy (non-hydrogen) atoms. The molecule has 2 unspecified atom stereocenters. The van der Waals surface area contributed by atoms with Gasteiger partial charge in [-0.15, -0.1) is 0 Å². The second-order valence-corrected chi connectivity index (χ2v) is 9.45. The van der Waals surface area contributed by atoms with Crippen molar-refractivity contribution in [3.63, 3.8) is 0 Å². The Morgan fingerprint density at radius 1 is 1.26 bits per heavy atom. The zero-order valence-corrected chi connectivity index (χ0v) is 14.1. The summed E-state index contributed by atoms with van der Waals surface area (Å²) in [6.07, 6.45) is -2.05. The zero-order valence-electron chi connectivity index (χ0n) is 11.6. The Morgan fingerprint density at radius 2 is 1.84 bits per heavy atom. The van der Waals surface area contributed by atoms with Gasteiger partial charge in [-0.2, -0.15) is 0 Å². The van der Waals surface area contributed by atoms with Crippen molar-refractivity contribution in [1.29, 1.82) is 0 Å². The number of hydrogen-bond donors (Lipinski definition) is 2. The molecule has 1 fully saturated rings. The molecule has 0 aliphatic carbocycles. The molecule has 6 heteroatoms. The first-order valence-electron chi connectivity index (χ1n) is 6.18. The van der Waals surface area contributed by atoms with Gasteiger partial charge in [-0.1, -0.05) is 37.9 Å². The van der Waals surface area contributed by atoms with Gasteiger partial charge in [0.25, 0.3) is 0 Å². The first-order valence-corrected chi connectivity index (χ1v) is 9.40. The van der Waals surface area contributed by atoms with E-state index in [1.165, 1.54) is 0 Å². The summed E-state index contributed by atoms with van der Waals surface area (Å²) in [7, 11) is 1.66. The molecule has 0 aromatic heterocycles. The monoisotopic (exact) mass is 314 g/mol. The molecule has 0 amide bonds.